The monoisotopic (exact) mass is 527 g/mol. The van der Waals surface area contributed by atoms with E-state index < -0.39 is 25.1 Å². The molecule has 0 bridgehead atoms. The van der Waals surface area contributed by atoms with Gasteiger partial charge in [-0.25, -0.2) is 4.57 Å². The first-order valence-electron chi connectivity index (χ1n) is 11.5. The summed E-state index contributed by atoms with van der Waals surface area (Å²) in [6.45, 7) is 5.23. The number of carbonyl (C=O) groups excluding carboxylic acids is 2. The van der Waals surface area contributed by atoms with Gasteiger partial charge in [-0.1, -0.05) is 66.4 Å². The summed E-state index contributed by atoms with van der Waals surface area (Å²) in [4.78, 5) is 26.7. The molecule has 36 heavy (non-hydrogen) atoms. The predicted molar refractivity (Wildman–Crippen MR) is 143 cm³/mol. The molecule has 0 aliphatic rings. The van der Waals surface area contributed by atoms with E-state index in [1.165, 1.54) is 0 Å². The van der Waals surface area contributed by atoms with Crippen molar-refractivity contribution in [3.63, 3.8) is 0 Å². The Labute approximate surface area is 216 Å². The van der Waals surface area contributed by atoms with E-state index in [0.717, 1.165) is 33.4 Å². The molecule has 7 nitrogen and oxygen atoms in total. The zero-order valence-corrected chi connectivity index (χ0v) is 22.3. The first-order valence-corrected chi connectivity index (χ1v) is 14.2. The van der Waals surface area contributed by atoms with Crippen LogP contribution in [0.3, 0.4) is 0 Å². The molecule has 0 aliphatic carbocycles. The van der Waals surface area contributed by atoms with Crippen LogP contribution in [-0.4, -0.2) is 35.5 Å². The Morgan fingerprint density at radius 3 is 1.97 bits per heavy atom. The van der Waals surface area contributed by atoms with E-state index in [0.29, 0.717) is 17.3 Å². The van der Waals surface area contributed by atoms with Gasteiger partial charge < -0.3 is 18.7 Å². The molecule has 1 amide bonds. The number of benzene rings is 3. The summed E-state index contributed by atoms with van der Waals surface area (Å²) in [5.41, 5.74) is 2.77. The van der Waals surface area contributed by atoms with Gasteiger partial charge in [0.25, 0.3) is 5.24 Å². The molecule has 0 fully saturated rings. The van der Waals surface area contributed by atoms with Crippen molar-refractivity contribution in [3.8, 4) is 11.5 Å². The minimum atomic E-state index is -4.00. The molecule has 0 N–H and O–H groups in total. The van der Waals surface area contributed by atoms with Gasteiger partial charge in [0.15, 0.2) is 0 Å². The third-order valence-electron chi connectivity index (χ3n) is 4.90. The molecule has 0 saturated carbocycles. The van der Waals surface area contributed by atoms with Crippen LogP contribution >= 0.6 is 19.4 Å². The van der Waals surface area contributed by atoms with Crippen LogP contribution in [0, 0.1) is 13.8 Å². The number of thioether (sulfide) groups is 1. The number of amides is 1. The highest BCUT2D eigenvalue weighted by atomic mass is 32.2. The molecule has 190 valence electrons. The highest BCUT2D eigenvalue weighted by Crippen LogP contribution is 2.49. The van der Waals surface area contributed by atoms with Gasteiger partial charge >= 0.3 is 13.6 Å². The van der Waals surface area contributed by atoms with Crippen LogP contribution in [0.15, 0.2) is 78.9 Å². The molecule has 9 heteroatoms. The Bertz CT molecular complexity index is 1170. The topological polar surface area (TPSA) is 82.1 Å². The van der Waals surface area contributed by atoms with Crippen molar-refractivity contribution in [1.82, 2.24) is 4.90 Å². The average molecular weight is 528 g/mol. The van der Waals surface area contributed by atoms with Crippen LogP contribution < -0.4 is 9.05 Å². The van der Waals surface area contributed by atoms with Crippen LogP contribution in [0.4, 0.5) is 4.79 Å². The van der Waals surface area contributed by atoms with Gasteiger partial charge in [0, 0.05) is 5.75 Å². The number of carbonyl (C=O) groups is 2. The maximum absolute atomic E-state index is 14.1. The molecule has 0 unspecified atom stereocenters. The zero-order valence-electron chi connectivity index (χ0n) is 20.6. The van der Waals surface area contributed by atoms with E-state index >= 15 is 0 Å². The van der Waals surface area contributed by atoms with Gasteiger partial charge in [-0.3, -0.25) is 9.59 Å². The lowest BCUT2D eigenvalue weighted by molar-refractivity contribution is -0.143. The van der Waals surface area contributed by atoms with Crippen LogP contribution in [0.1, 0.15) is 23.6 Å². The Kier molecular flexibility index (Phi) is 10.0. The molecule has 0 saturated heterocycles. The van der Waals surface area contributed by atoms with Gasteiger partial charge in [-0.15, -0.1) is 0 Å². The molecular formula is C27H30NO6PS. The lowest BCUT2D eigenvalue weighted by Crippen LogP contribution is -2.36. The van der Waals surface area contributed by atoms with Gasteiger partial charge in [0.1, 0.15) is 24.3 Å². The number of ether oxygens (including phenoxy) is 1. The number of esters is 1. The minimum absolute atomic E-state index is 0.162. The summed E-state index contributed by atoms with van der Waals surface area (Å²) in [5, 5.41) is -0.437. The maximum Gasteiger partial charge on any atom is 0.450 e. The second kappa shape index (κ2) is 13.2. The molecule has 0 radical (unpaired) electrons. The highest BCUT2D eigenvalue weighted by Gasteiger charge is 2.35. The molecule has 0 heterocycles. The van der Waals surface area contributed by atoms with Crippen molar-refractivity contribution < 1.29 is 27.9 Å². The summed E-state index contributed by atoms with van der Waals surface area (Å²) >= 11 is 1.00. The first kappa shape index (κ1) is 27.4. The second-order valence-electron chi connectivity index (χ2n) is 8.11. The van der Waals surface area contributed by atoms with Crippen LogP contribution in [0.5, 0.6) is 11.5 Å². The largest absolute Gasteiger partial charge is 0.465 e. The van der Waals surface area contributed by atoms with Crippen molar-refractivity contribution in [2.45, 2.75) is 26.5 Å². The second-order valence-corrected chi connectivity index (χ2v) is 10.9. The third-order valence-corrected chi connectivity index (χ3v) is 7.55. The van der Waals surface area contributed by atoms with Crippen molar-refractivity contribution in [3.05, 3.63) is 95.6 Å². The average Bonchev–Trinajstić information content (AvgIpc) is 2.83. The lowest BCUT2D eigenvalue weighted by atomic mass is 10.2. The molecule has 3 rings (SSSR count). The summed E-state index contributed by atoms with van der Waals surface area (Å²) in [7, 11) is -4.00. The van der Waals surface area contributed by atoms with Crippen molar-refractivity contribution in [1.29, 1.82) is 0 Å². The highest BCUT2D eigenvalue weighted by molar-refractivity contribution is 8.12. The zero-order chi connectivity index (χ0) is 26.0. The molecule has 0 spiro atoms. The number of nitrogens with zero attached hydrogens (tertiary/aromatic N) is 1. The first-order chi connectivity index (χ1) is 17.3. The SMILES string of the molecule is CCOC(=O)CN(CP(=O)(Oc1cccc(C)c1)Oc1cccc(C)c1)C(=O)SCc1ccccc1. The van der Waals surface area contributed by atoms with Crippen molar-refractivity contribution in [2.75, 3.05) is 19.4 Å². The van der Waals surface area contributed by atoms with Crippen molar-refractivity contribution in [2.24, 2.45) is 0 Å². The van der Waals surface area contributed by atoms with E-state index in [1.54, 1.807) is 43.3 Å². The summed E-state index contributed by atoms with van der Waals surface area (Å²) in [6.07, 6.45) is -0.436. The van der Waals surface area contributed by atoms with E-state index in [-0.39, 0.29) is 13.2 Å². The third kappa shape index (κ3) is 8.77. The smallest absolute Gasteiger partial charge is 0.450 e. The van der Waals surface area contributed by atoms with Crippen LogP contribution in [-0.2, 0) is 19.8 Å². The molecule has 0 aliphatic heterocycles. The number of hydrogen-bond acceptors (Lipinski definition) is 7. The Hall–Kier alpha value is -3.22. The van der Waals surface area contributed by atoms with Crippen LogP contribution in [0.25, 0.3) is 0 Å². The van der Waals surface area contributed by atoms with Gasteiger partial charge in [-0.2, -0.15) is 0 Å². The molecular weight excluding hydrogens is 497 g/mol. The van der Waals surface area contributed by atoms with Gasteiger partial charge in [0.05, 0.1) is 6.61 Å². The van der Waals surface area contributed by atoms with Gasteiger partial charge in [-0.05, 0) is 61.7 Å². The van der Waals surface area contributed by atoms with E-state index in [9.17, 15) is 14.2 Å². The fourth-order valence-electron chi connectivity index (χ4n) is 3.30. The quantitative estimate of drug-likeness (QED) is 0.200. The molecule has 0 atom stereocenters. The fourth-order valence-corrected chi connectivity index (χ4v) is 5.86. The summed E-state index contributed by atoms with van der Waals surface area (Å²) in [6, 6.07) is 23.6. The van der Waals surface area contributed by atoms with Crippen LogP contribution in [0.2, 0.25) is 0 Å². The van der Waals surface area contributed by atoms with Crippen molar-refractivity contribution >= 4 is 30.6 Å². The Balaban J connectivity index is 1.87. The standard InChI is InChI=1S/C27H30NO6PS/c1-4-32-26(29)18-28(27(30)36-19-23-12-6-5-7-13-23)20-35(31,33-24-14-8-10-21(2)16-24)34-25-15-9-11-22(3)17-25/h5-17H,4,18-20H2,1-3H3. The van der Waals surface area contributed by atoms with Gasteiger partial charge in [0.2, 0.25) is 0 Å². The lowest BCUT2D eigenvalue weighted by Gasteiger charge is -2.27. The van der Waals surface area contributed by atoms with E-state index in [4.69, 9.17) is 13.8 Å². The number of rotatable bonds is 11. The summed E-state index contributed by atoms with van der Waals surface area (Å²) in [5.74, 6) is 0.461. The normalized spacial score (nSPS) is 11.0. The fraction of sp³-hybridized carbons (Fsp3) is 0.259. The minimum Gasteiger partial charge on any atom is -0.465 e. The Morgan fingerprint density at radius 2 is 1.44 bits per heavy atom. The number of hydrogen-bond donors (Lipinski definition) is 0. The van der Waals surface area contributed by atoms with E-state index in [2.05, 4.69) is 0 Å². The molecule has 3 aromatic rings. The summed E-state index contributed by atoms with van der Waals surface area (Å²) < 4.78 is 30.9. The predicted octanol–water partition coefficient (Wildman–Crippen LogP) is 6.83. The molecule has 0 aromatic heterocycles. The molecule has 3 aromatic carbocycles. The number of aryl methyl sites for hydroxylation is 2. The maximum atomic E-state index is 14.1. The van der Waals surface area contributed by atoms with E-state index in [1.807, 2.05) is 56.3 Å². The Morgan fingerprint density at radius 1 is 0.861 bits per heavy atom.